The van der Waals surface area contributed by atoms with Gasteiger partial charge in [0.25, 0.3) is 5.69 Å². The van der Waals surface area contributed by atoms with Crippen LogP contribution in [0.3, 0.4) is 0 Å². The van der Waals surface area contributed by atoms with Crippen LogP contribution in [0.15, 0.2) is 30.6 Å². The number of hydrogen-bond donors (Lipinski definition) is 0. The molecule has 1 aromatic heterocycles. The van der Waals surface area contributed by atoms with Crippen LogP contribution in [0.1, 0.15) is 13.3 Å². The normalized spacial score (nSPS) is 10.4. The van der Waals surface area contributed by atoms with Crippen LogP contribution < -0.4 is 0 Å². The summed E-state index contributed by atoms with van der Waals surface area (Å²) >= 11 is 0. The molecule has 0 N–H and O–H groups in total. The first-order chi connectivity index (χ1) is 9.06. The summed E-state index contributed by atoms with van der Waals surface area (Å²) in [4.78, 5) is 25.1. The van der Waals surface area contributed by atoms with Crippen molar-refractivity contribution in [3.63, 3.8) is 0 Å². The first kappa shape index (κ1) is 12.9. The van der Waals surface area contributed by atoms with Gasteiger partial charge in [-0.2, -0.15) is 5.10 Å². The molecule has 1 heterocycles. The highest BCUT2D eigenvalue weighted by Gasteiger charge is 2.08. The summed E-state index contributed by atoms with van der Waals surface area (Å²) in [7, 11) is 0. The van der Waals surface area contributed by atoms with E-state index in [-0.39, 0.29) is 11.5 Å². The molecule has 7 heteroatoms. The fourth-order valence-electron chi connectivity index (χ4n) is 1.54. The van der Waals surface area contributed by atoms with E-state index in [1.807, 2.05) is 0 Å². The van der Waals surface area contributed by atoms with E-state index in [1.165, 1.54) is 19.1 Å². The van der Waals surface area contributed by atoms with Crippen molar-refractivity contribution in [3.8, 4) is 11.4 Å². The van der Waals surface area contributed by atoms with Crippen molar-refractivity contribution in [3.05, 3.63) is 40.7 Å². The number of non-ortho nitro benzene ring substituents is 1. The second kappa shape index (κ2) is 5.38. The van der Waals surface area contributed by atoms with Gasteiger partial charge in [0.05, 0.1) is 4.92 Å². The number of aromatic nitrogens is 3. The van der Waals surface area contributed by atoms with Gasteiger partial charge in [-0.3, -0.25) is 19.6 Å². The highest BCUT2D eigenvalue weighted by Crippen LogP contribution is 2.18. The molecule has 2 aromatic rings. The Morgan fingerprint density at radius 2 is 2.05 bits per heavy atom. The number of nitrogens with zero attached hydrogens (tertiary/aromatic N) is 4. The maximum absolute atomic E-state index is 10.9. The zero-order valence-corrected chi connectivity index (χ0v) is 10.3. The highest BCUT2D eigenvalue weighted by molar-refractivity contribution is 5.75. The number of hydrogen-bond acceptors (Lipinski definition) is 5. The van der Waals surface area contributed by atoms with E-state index in [2.05, 4.69) is 10.1 Å². The summed E-state index contributed by atoms with van der Waals surface area (Å²) in [5.74, 6) is 0.575. The van der Waals surface area contributed by atoms with Crippen LogP contribution in [0.2, 0.25) is 0 Å². The first-order valence-electron chi connectivity index (χ1n) is 5.70. The molecule has 0 fully saturated rings. The molecule has 7 nitrogen and oxygen atoms in total. The van der Waals surface area contributed by atoms with Crippen molar-refractivity contribution in [2.45, 2.75) is 19.9 Å². The minimum absolute atomic E-state index is 0.0276. The number of aryl methyl sites for hydroxylation is 1. The van der Waals surface area contributed by atoms with Crippen molar-refractivity contribution in [1.82, 2.24) is 14.8 Å². The van der Waals surface area contributed by atoms with Crippen molar-refractivity contribution >= 4 is 11.5 Å². The van der Waals surface area contributed by atoms with Gasteiger partial charge in [0.15, 0.2) is 5.82 Å². The maximum atomic E-state index is 10.9. The van der Waals surface area contributed by atoms with E-state index in [9.17, 15) is 14.9 Å². The topological polar surface area (TPSA) is 90.9 Å². The zero-order chi connectivity index (χ0) is 13.8. The molecule has 2 rings (SSSR count). The van der Waals surface area contributed by atoms with Gasteiger partial charge in [0.2, 0.25) is 0 Å². The van der Waals surface area contributed by atoms with Gasteiger partial charge in [0.1, 0.15) is 12.1 Å². The Balaban J connectivity index is 2.13. The fraction of sp³-hybridized carbons (Fsp3) is 0.250. The van der Waals surface area contributed by atoms with E-state index in [0.717, 1.165) is 0 Å². The number of rotatable bonds is 5. The van der Waals surface area contributed by atoms with Crippen LogP contribution >= 0.6 is 0 Å². The molecule has 0 spiro atoms. The predicted octanol–water partition coefficient (Wildman–Crippen LogP) is 1.83. The molecule has 0 saturated heterocycles. The monoisotopic (exact) mass is 260 g/mol. The Hall–Kier alpha value is -2.57. The molecule has 0 atom stereocenters. The van der Waals surface area contributed by atoms with Crippen molar-refractivity contribution in [1.29, 1.82) is 0 Å². The summed E-state index contributed by atoms with van der Waals surface area (Å²) in [5.41, 5.74) is 0.729. The van der Waals surface area contributed by atoms with E-state index < -0.39 is 4.92 Å². The number of benzene rings is 1. The lowest BCUT2D eigenvalue weighted by Gasteiger charge is -1.97. The minimum Gasteiger partial charge on any atom is -0.300 e. The van der Waals surface area contributed by atoms with Crippen LogP contribution in [0.4, 0.5) is 5.69 Å². The Bertz CT molecular complexity index is 604. The zero-order valence-electron chi connectivity index (χ0n) is 10.3. The van der Waals surface area contributed by atoms with Crippen molar-refractivity contribution in [2.24, 2.45) is 0 Å². The van der Waals surface area contributed by atoms with Crippen LogP contribution in [-0.4, -0.2) is 25.5 Å². The molecule has 0 aliphatic rings. The van der Waals surface area contributed by atoms with Gasteiger partial charge in [-0.15, -0.1) is 0 Å². The second-order valence-electron chi connectivity index (χ2n) is 4.09. The van der Waals surface area contributed by atoms with Crippen LogP contribution in [-0.2, 0) is 11.3 Å². The molecule has 0 unspecified atom stereocenters. The first-order valence-corrected chi connectivity index (χ1v) is 5.70. The maximum Gasteiger partial charge on any atom is 0.269 e. The smallest absolute Gasteiger partial charge is 0.269 e. The standard InChI is InChI=1S/C12H12N4O3/c1-9(17)6-7-15-8-13-12(14-15)10-2-4-11(5-3-10)16(18)19/h2-5,8H,6-7H2,1H3. The number of ketones is 1. The summed E-state index contributed by atoms with van der Waals surface area (Å²) in [6, 6.07) is 6.02. The van der Waals surface area contributed by atoms with Crippen molar-refractivity contribution in [2.75, 3.05) is 0 Å². The third-order valence-electron chi connectivity index (χ3n) is 2.57. The lowest BCUT2D eigenvalue weighted by molar-refractivity contribution is -0.384. The number of nitro groups is 1. The Morgan fingerprint density at radius 3 is 2.63 bits per heavy atom. The summed E-state index contributed by atoms with van der Waals surface area (Å²) in [5, 5.41) is 14.8. The average Bonchev–Trinajstić information content (AvgIpc) is 2.85. The number of Topliss-reactive ketones (excluding diaryl/α,β-unsaturated/α-hetero) is 1. The Morgan fingerprint density at radius 1 is 1.37 bits per heavy atom. The summed E-state index contributed by atoms with van der Waals surface area (Å²) in [6.07, 6.45) is 1.95. The largest absolute Gasteiger partial charge is 0.300 e. The molecule has 0 amide bonds. The second-order valence-corrected chi connectivity index (χ2v) is 4.09. The average molecular weight is 260 g/mol. The van der Waals surface area contributed by atoms with Crippen molar-refractivity contribution < 1.29 is 9.72 Å². The highest BCUT2D eigenvalue weighted by atomic mass is 16.6. The van der Waals surface area contributed by atoms with Gasteiger partial charge >= 0.3 is 0 Å². The fourth-order valence-corrected chi connectivity index (χ4v) is 1.54. The third-order valence-corrected chi connectivity index (χ3v) is 2.57. The van der Waals surface area contributed by atoms with E-state index >= 15 is 0 Å². The molecule has 98 valence electrons. The number of nitro benzene ring substituents is 1. The molecular formula is C12H12N4O3. The lowest BCUT2D eigenvalue weighted by atomic mass is 10.2. The molecule has 19 heavy (non-hydrogen) atoms. The third kappa shape index (κ3) is 3.21. The molecule has 0 bridgehead atoms. The minimum atomic E-state index is -0.456. The van der Waals surface area contributed by atoms with Gasteiger partial charge in [-0.05, 0) is 19.1 Å². The molecule has 0 saturated carbocycles. The van der Waals surface area contributed by atoms with E-state index in [1.54, 1.807) is 23.1 Å². The Labute approximate surface area is 109 Å². The predicted molar refractivity (Wildman–Crippen MR) is 67.4 cm³/mol. The number of carbonyl (C=O) groups is 1. The summed E-state index contributed by atoms with van der Waals surface area (Å²) in [6.45, 7) is 2.00. The van der Waals surface area contributed by atoms with Crippen LogP contribution in [0.5, 0.6) is 0 Å². The van der Waals surface area contributed by atoms with E-state index in [0.29, 0.717) is 24.4 Å². The quantitative estimate of drug-likeness (QED) is 0.604. The van der Waals surface area contributed by atoms with Gasteiger partial charge in [0, 0.05) is 30.7 Å². The number of carbonyl (C=O) groups excluding carboxylic acids is 1. The summed E-state index contributed by atoms with van der Waals surface area (Å²) < 4.78 is 1.58. The van der Waals surface area contributed by atoms with Gasteiger partial charge in [-0.25, -0.2) is 4.98 Å². The van der Waals surface area contributed by atoms with Gasteiger partial charge in [-0.1, -0.05) is 0 Å². The molecule has 0 aliphatic carbocycles. The lowest BCUT2D eigenvalue weighted by Crippen LogP contribution is -2.03. The molecule has 0 aliphatic heterocycles. The van der Waals surface area contributed by atoms with Crippen LogP contribution in [0.25, 0.3) is 11.4 Å². The van der Waals surface area contributed by atoms with Crippen LogP contribution in [0, 0.1) is 10.1 Å². The molecule has 0 radical (unpaired) electrons. The Kier molecular flexibility index (Phi) is 3.65. The SMILES string of the molecule is CC(=O)CCn1cnc(-c2ccc([N+](=O)[O-])cc2)n1. The van der Waals surface area contributed by atoms with Gasteiger partial charge < -0.3 is 0 Å². The van der Waals surface area contributed by atoms with E-state index in [4.69, 9.17) is 0 Å². The molecule has 1 aromatic carbocycles. The molecular weight excluding hydrogens is 248 g/mol.